The molecule has 2 saturated heterocycles. The number of benzene rings is 2. The van der Waals surface area contributed by atoms with Gasteiger partial charge in [-0.1, -0.05) is 24.3 Å². The second-order valence-electron chi connectivity index (χ2n) is 15.7. The number of piperidine rings is 2. The van der Waals surface area contributed by atoms with E-state index in [9.17, 15) is 26.3 Å². The van der Waals surface area contributed by atoms with E-state index in [4.69, 9.17) is 25.4 Å². The number of halogens is 6. The molecule has 0 bridgehead atoms. The summed E-state index contributed by atoms with van der Waals surface area (Å²) in [4.78, 5) is 6.16. The number of alkyl halides is 6. The quantitative estimate of drug-likeness (QED) is 0.179. The summed E-state index contributed by atoms with van der Waals surface area (Å²) in [5, 5.41) is 33.3. The normalized spacial score (nSPS) is 17.3. The summed E-state index contributed by atoms with van der Waals surface area (Å²) in [5.74, 6) is 2.40. The van der Waals surface area contributed by atoms with Crippen molar-refractivity contribution in [2.75, 3.05) is 86.6 Å². The average molecular weight is 899 g/mol. The smallest absolute Gasteiger partial charge is 0.486 e. The molecule has 2 fully saturated rings. The van der Waals surface area contributed by atoms with Crippen LogP contribution in [0.25, 0.3) is 34.1 Å². The SMILES string of the molecule is CN1CCOc2c(N3CCC(N)CC3)nn3c(-c4cccc(OC(F)(F)F)c4)nnc3c21.CN1CCOc2c(NC3CCNCC3)nn3c(-c4cccc(OC(F)(F)F)c4)nnc3c21. The summed E-state index contributed by atoms with van der Waals surface area (Å²) in [6.45, 7) is 5.63. The Morgan fingerprint density at radius 3 is 1.75 bits per heavy atom. The van der Waals surface area contributed by atoms with Crippen molar-refractivity contribution >= 4 is 34.3 Å². The van der Waals surface area contributed by atoms with Gasteiger partial charge in [0.05, 0.1) is 13.1 Å². The van der Waals surface area contributed by atoms with Crippen LogP contribution in [0.5, 0.6) is 23.0 Å². The summed E-state index contributed by atoms with van der Waals surface area (Å²) in [6.07, 6.45) is -6.03. The number of fused-ring (bicyclic) bond motifs is 6. The van der Waals surface area contributed by atoms with Gasteiger partial charge in [-0.05, 0) is 63.0 Å². The maximum Gasteiger partial charge on any atom is 0.573 e. The Balaban J connectivity index is 0.000000162. The van der Waals surface area contributed by atoms with Gasteiger partial charge < -0.3 is 50.0 Å². The highest BCUT2D eigenvalue weighted by atomic mass is 19.4. The molecule has 4 aromatic heterocycles. The van der Waals surface area contributed by atoms with Gasteiger partial charge >= 0.3 is 12.7 Å². The van der Waals surface area contributed by atoms with Gasteiger partial charge in [0.2, 0.25) is 11.3 Å². The molecule has 0 saturated carbocycles. The Morgan fingerprint density at radius 1 is 0.688 bits per heavy atom. The summed E-state index contributed by atoms with van der Waals surface area (Å²) >= 11 is 0. The topological polar surface area (TPSA) is 183 Å². The predicted octanol–water partition coefficient (Wildman–Crippen LogP) is 5.13. The third-order valence-electron chi connectivity index (χ3n) is 11.2. The van der Waals surface area contributed by atoms with Crippen LogP contribution in [0.15, 0.2) is 48.5 Å². The molecule has 10 rings (SSSR count). The van der Waals surface area contributed by atoms with E-state index in [1.807, 2.05) is 23.9 Å². The van der Waals surface area contributed by atoms with Gasteiger partial charge in [0.1, 0.15) is 36.1 Å². The number of hydrogen-bond acceptors (Lipinski definition) is 16. The van der Waals surface area contributed by atoms with Gasteiger partial charge in [0.15, 0.2) is 34.8 Å². The second kappa shape index (κ2) is 17.2. The first-order chi connectivity index (χ1) is 30.7. The van der Waals surface area contributed by atoms with Crippen LogP contribution in [-0.4, -0.2) is 131 Å². The number of nitrogens with two attached hydrogens (primary N) is 1. The molecule has 2 aromatic carbocycles. The minimum absolute atomic E-state index is 0.149. The lowest BCUT2D eigenvalue weighted by molar-refractivity contribution is -0.275. The van der Waals surface area contributed by atoms with Crippen LogP contribution in [0.4, 0.5) is 49.4 Å². The maximum atomic E-state index is 12.7. The van der Waals surface area contributed by atoms with E-state index in [2.05, 4.69) is 45.4 Å². The van der Waals surface area contributed by atoms with E-state index in [-0.39, 0.29) is 23.6 Å². The van der Waals surface area contributed by atoms with E-state index in [1.165, 1.54) is 36.4 Å². The van der Waals surface area contributed by atoms with Crippen molar-refractivity contribution in [3.05, 3.63) is 48.5 Å². The van der Waals surface area contributed by atoms with Crippen molar-refractivity contribution < 1.29 is 45.3 Å². The highest BCUT2D eigenvalue weighted by Gasteiger charge is 2.34. The standard InChI is InChI=1S/2C20H22F3N7O2/c1-29-9-10-31-16-15(29)19-27-26-18(12-3-2-4-14(11-12)32-20(21,22)23)30(19)28-17(16)25-13-5-7-24-8-6-13;1-28-9-10-31-16-15(28)18-26-25-17(12-3-2-4-14(11-12)32-20(21,22)23)30(18)27-19(16)29-7-5-13(24)6-8-29/h2-4,11,13,24H,5-10H2,1H3,(H,25,28);2-4,11,13H,5-10,24H2,1H3. The molecule has 64 heavy (non-hydrogen) atoms. The van der Waals surface area contributed by atoms with Crippen LogP contribution in [0.1, 0.15) is 25.7 Å². The molecule has 0 amide bonds. The Labute approximate surface area is 361 Å². The molecule has 0 atom stereocenters. The third-order valence-corrected chi connectivity index (χ3v) is 11.2. The van der Waals surface area contributed by atoms with E-state index in [0.29, 0.717) is 83.5 Å². The van der Waals surface area contributed by atoms with Crippen LogP contribution in [0.3, 0.4) is 0 Å². The van der Waals surface area contributed by atoms with Crippen LogP contribution in [0.2, 0.25) is 0 Å². The number of likely N-dealkylation sites (N-methyl/N-ethyl adjacent to an activating group) is 2. The molecule has 0 spiro atoms. The Morgan fingerprint density at radius 2 is 1.20 bits per heavy atom. The maximum absolute atomic E-state index is 12.7. The Bertz CT molecular complexity index is 2630. The van der Waals surface area contributed by atoms with Crippen LogP contribution in [-0.2, 0) is 0 Å². The fourth-order valence-corrected chi connectivity index (χ4v) is 8.10. The van der Waals surface area contributed by atoms with E-state index < -0.39 is 12.7 Å². The van der Waals surface area contributed by atoms with E-state index in [0.717, 1.165) is 63.2 Å². The van der Waals surface area contributed by atoms with Crippen molar-refractivity contribution in [3.63, 3.8) is 0 Å². The Hall–Kier alpha value is -6.56. The van der Waals surface area contributed by atoms with Gasteiger partial charge in [-0.3, -0.25) is 0 Å². The summed E-state index contributed by atoms with van der Waals surface area (Å²) < 4.78 is 99.3. The largest absolute Gasteiger partial charge is 0.573 e. The molecule has 0 aliphatic carbocycles. The molecule has 6 aromatic rings. The minimum atomic E-state index is -4.79. The van der Waals surface area contributed by atoms with Crippen LogP contribution >= 0.6 is 0 Å². The van der Waals surface area contributed by atoms with Crippen molar-refractivity contribution in [2.45, 2.75) is 50.5 Å². The number of aromatic nitrogens is 8. The van der Waals surface area contributed by atoms with Crippen molar-refractivity contribution in [1.29, 1.82) is 0 Å². The summed E-state index contributed by atoms with van der Waals surface area (Å²) in [6, 6.07) is 11.6. The third kappa shape index (κ3) is 8.96. The minimum Gasteiger partial charge on any atom is -0.486 e. The summed E-state index contributed by atoms with van der Waals surface area (Å²) in [7, 11) is 3.87. The van der Waals surface area contributed by atoms with Crippen LogP contribution < -0.4 is 50.0 Å². The van der Waals surface area contributed by atoms with Crippen molar-refractivity contribution in [3.8, 4) is 45.8 Å². The number of hydrogen-bond donors (Lipinski definition) is 3. The van der Waals surface area contributed by atoms with E-state index in [1.54, 1.807) is 21.2 Å². The second-order valence-corrected chi connectivity index (χ2v) is 15.7. The zero-order valence-corrected chi connectivity index (χ0v) is 34.7. The number of anilines is 4. The number of ether oxygens (including phenoxy) is 4. The molecule has 18 nitrogen and oxygen atoms in total. The fraction of sp³-hybridized carbons (Fsp3) is 0.450. The van der Waals surface area contributed by atoms with Gasteiger partial charge in [0.25, 0.3) is 0 Å². The first-order valence-electron chi connectivity index (χ1n) is 20.7. The van der Waals surface area contributed by atoms with Crippen LogP contribution in [0, 0.1) is 0 Å². The molecule has 4 aliphatic heterocycles. The van der Waals surface area contributed by atoms with Gasteiger partial charge in [-0.25, -0.2) is 0 Å². The number of rotatable bonds is 7. The number of nitrogens with one attached hydrogen (secondary N) is 2. The predicted molar refractivity (Wildman–Crippen MR) is 222 cm³/mol. The lowest BCUT2D eigenvalue weighted by Gasteiger charge is -2.35. The number of nitrogens with zero attached hydrogens (tertiary/aromatic N) is 11. The lowest BCUT2D eigenvalue weighted by Crippen LogP contribution is -2.41. The summed E-state index contributed by atoms with van der Waals surface area (Å²) in [5.41, 5.74) is 9.29. The molecule has 8 heterocycles. The van der Waals surface area contributed by atoms with Gasteiger partial charge in [0, 0.05) is 50.4 Å². The molecule has 4 aliphatic rings. The zero-order chi connectivity index (χ0) is 44.8. The van der Waals surface area contributed by atoms with Gasteiger partial charge in [-0.2, -0.15) is 9.03 Å². The first kappa shape index (κ1) is 42.7. The molecular weight excluding hydrogens is 855 g/mol. The average Bonchev–Trinajstić information content (AvgIpc) is 3.88. The zero-order valence-electron chi connectivity index (χ0n) is 34.7. The molecule has 340 valence electrons. The molecular formula is C40H44F6N14O4. The highest BCUT2D eigenvalue weighted by Crippen LogP contribution is 2.43. The van der Waals surface area contributed by atoms with E-state index >= 15 is 0 Å². The molecule has 4 N–H and O–H groups in total. The van der Waals surface area contributed by atoms with Gasteiger partial charge in [-0.15, -0.1) is 56.9 Å². The monoisotopic (exact) mass is 898 g/mol. The van der Waals surface area contributed by atoms with Crippen molar-refractivity contribution in [1.82, 2.24) is 44.9 Å². The van der Waals surface area contributed by atoms with Crippen molar-refractivity contribution in [2.24, 2.45) is 5.73 Å². The first-order valence-corrected chi connectivity index (χ1v) is 20.7. The molecule has 0 unspecified atom stereocenters. The Kier molecular flexibility index (Phi) is 11.5. The lowest BCUT2D eigenvalue weighted by atomic mass is 10.1. The highest BCUT2D eigenvalue weighted by molar-refractivity contribution is 5.84. The fourth-order valence-electron chi connectivity index (χ4n) is 8.10. The molecule has 0 radical (unpaired) electrons. The molecule has 24 heteroatoms.